The predicted octanol–water partition coefficient (Wildman–Crippen LogP) is 1.85. The summed E-state index contributed by atoms with van der Waals surface area (Å²) in [6.45, 7) is 3.21. The molecule has 5 heteroatoms. The minimum Gasteiger partial charge on any atom is -0.458 e. The molecule has 0 spiro atoms. The Bertz CT molecular complexity index is 461. The van der Waals surface area contributed by atoms with E-state index in [0.717, 1.165) is 5.56 Å². The van der Waals surface area contributed by atoms with Crippen LogP contribution in [0.1, 0.15) is 30.9 Å². The molecule has 0 aliphatic carbocycles. The number of hydrogen-bond acceptors (Lipinski definition) is 5. The first-order chi connectivity index (χ1) is 9.21. The van der Waals surface area contributed by atoms with Crippen LogP contribution < -0.4 is 0 Å². The molecule has 5 nitrogen and oxygen atoms in total. The summed E-state index contributed by atoms with van der Waals surface area (Å²) in [5.74, 6) is -0.588. The number of nitrogens with zero attached hydrogens (tertiary/aromatic N) is 1. The molecule has 1 atom stereocenters. The summed E-state index contributed by atoms with van der Waals surface area (Å²) in [4.78, 5) is 21.8. The lowest BCUT2D eigenvalue weighted by Crippen LogP contribution is -2.26. The number of hydrogen-bond donors (Lipinski definition) is 0. The number of carbonyl (C=O) groups excluding carboxylic acids is 2. The molecule has 0 aliphatic heterocycles. The zero-order valence-corrected chi connectivity index (χ0v) is 10.6. The summed E-state index contributed by atoms with van der Waals surface area (Å²) >= 11 is 0. The van der Waals surface area contributed by atoms with E-state index in [0.29, 0.717) is 18.4 Å². The molecule has 1 unspecified atom stereocenters. The van der Waals surface area contributed by atoms with Crippen LogP contribution in [0, 0.1) is 11.3 Å². The third-order valence-corrected chi connectivity index (χ3v) is 2.47. The lowest BCUT2D eigenvalue weighted by atomic mass is 10.1. The van der Waals surface area contributed by atoms with E-state index >= 15 is 0 Å². The molecule has 0 bridgehead atoms. The number of esters is 1. The van der Waals surface area contributed by atoms with Gasteiger partial charge in [-0.25, -0.2) is 9.59 Å². The third-order valence-electron chi connectivity index (χ3n) is 2.47. The smallest absolute Gasteiger partial charge is 0.418 e. The largest absolute Gasteiger partial charge is 0.458 e. The highest BCUT2D eigenvalue weighted by Crippen LogP contribution is 2.08. The van der Waals surface area contributed by atoms with Crippen LogP contribution in [0.2, 0.25) is 0 Å². The van der Waals surface area contributed by atoms with Gasteiger partial charge in [-0.2, -0.15) is 5.26 Å². The van der Waals surface area contributed by atoms with Crippen molar-refractivity contribution < 1.29 is 19.1 Å². The van der Waals surface area contributed by atoms with Crippen molar-refractivity contribution in [3.63, 3.8) is 0 Å². The van der Waals surface area contributed by atoms with Crippen LogP contribution in [0.5, 0.6) is 0 Å². The maximum Gasteiger partial charge on any atom is 0.418 e. The molecule has 0 heterocycles. The fraction of sp³-hybridized carbons (Fsp3) is 0.357. The topological polar surface area (TPSA) is 76.4 Å². The molecule has 0 fully saturated rings. The van der Waals surface area contributed by atoms with Gasteiger partial charge in [0.1, 0.15) is 6.61 Å². The molecule has 1 radical (unpaired) electrons. The molecule has 0 aromatic heterocycles. The molecule has 0 aliphatic rings. The van der Waals surface area contributed by atoms with Crippen molar-refractivity contribution in [3.05, 3.63) is 35.4 Å². The van der Waals surface area contributed by atoms with Gasteiger partial charge in [0.2, 0.25) is 0 Å². The Hall–Kier alpha value is -2.35. The van der Waals surface area contributed by atoms with E-state index in [-0.39, 0.29) is 6.61 Å². The molecular formula is C14H14NO4. The van der Waals surface area contributed by atoms with Crippen LogP contribution in [0.15, 0.2) is 24.3 Å². The first kappa shape index (κ1) is 14.7. The number of benzene rings is 1. The molecule has 0 saturated carbocycles. The summed E-state index contributed by atoms with van der Waals surface area (Å²) in [5, 5.41) is 8.65. The van der Waals surface area contributed by atoms with Crippen molar-refractivity contribution in [2.75, 3.05) is 0 Å². The Balaban J connectivity index is 2.51. The quantitative estimate of drug-likeness (QED) is 0.699. The van der Waals surface area contributed by atoms with Gasteiger partial charge in [0.25, 0.3) is 0 Å². The van der Waals surface area contributed by atoms with Crippen molar-refractivity contribution in [2.45, 2.75) is 32.5 Å². The summed E-state index contributed by atoms with van der Waals surface area (Å²) in [5.41, 5.74) is 1.30. The molecule has 1 aromatic rings. The van der Waals surface area contributed by atoms with Gasteiger partial charge in [-0.15, -0.1) is 0 Å². The molecular weight excluding hydrogens is 246 g/mol. The van der Waals surface area contributed by atoms with Crippen LogP contribution in [0.25, 0.3) is 0 Å². The monoisotopic (exact) mass is 260 g/mol. The van der Waals surface area contributed by atoms with Crippen LogP contribution in [-0.4, -0.2) is 18.5 Å². The Labute approximate surface area is 111 Å². The normalized spacial score (nSPS) is 11.2. The first-order valence-electron chi connectivity index (χ1n) is 5.89. The van der Waals surface area contributed by atoms with E-state index in [1.165, 1.54) is 6.47 Å². The van der Waals surface area contributed by atoms with Crippen molar-refractivity contribution >= 4 is 12.4 Å². The van der Waals surface area contributed by atoms with E-state index in [9.17, 15) is 9.59 Å². The fourth-order valence-electron chi connectivity index (χ4n) is 1.47. The van der Waals surface area contributed by atoms with Gasteiger partial charge in [0, 0.05) is 0 Å². The van der Waals surface area contributed by atoms with Crippen molar-refractivity contribution in [3.8, 4) is 6.07 Å². The maximum absolute atomic E-state index is 11.6. The van der Waals surface area contributed by atoms with E-state index in [2.05, 4.69) is 4.74 Å². The van der Waals surface area contributed by atoms with Crippen molar-refractivity contribution in [2.24, 2.45) is 0 Å². The minimum absolute atomic E-state index is 0.0764. The van der Waals surface area contributed by atoms with Crippen molar-refractivity contribution in [1.29, 1.82) is 5.26 Å². The van der Waals surface area contributed by atoms with E-state index in [4.69, 9.17) is 10.00 Å². The molecule has 0 N–H and O–H groups in total. The zero-order valence-electron chi connectivity index (χ0n) is 10.6. The Morgan fingerprint density at radius 2 is 2.05 bits per heavy atom. The summed E-state index contributed by atoms with van der Waals surface area (Å²) in [7, 11) is 0. The SMILES string of the molecule is CCCC(O[C]=O)C(=O)OCc1ccc(C#N)cc1. The number of carbonyl (C=O) groups is 1. The average Bonchev–Trinajstić information content (AvgIpc) is 2.45. The lowest BCUT2D eigenvalue weighted by molar-refractivity contribution is -0.154. The van der Waals surface area contributed by atoms with Crippen molar-refractivity contribution in [1.82, 2.24) is 0 Å². The summed E-state index contributed by atoms with van der Waals surface area (Å²) < 4.78 is 9.59. The Kier molecular flexibility index (Phi) is 6.10. The van der Waals surface area contributed by atoms with Crippen LogP contribution in [0.4, 0.5) is 0 Å². The molecule has 99 valence electrons. The summed E-state index contributed by atoms with van der Waals surface area (Å²) in [6.07, 6.45) is 0.195. The molecule has 19 heavy (non-hydrogen) atoms. The highest BCUT2D eigenvalue weighted by Gasteiger charge is 2.20. The van der Waals surface area contributed by atoms with Crippen LogP contribution in [-0.2, 0) is 25.7 Å². The van der Waals surface area contributed by atoms with Crippen LogP contribution in [0.3, 0.4) is 0 Å². The third kappa shape index (κ3) is 4.80. The van der Waals surface area contributed by atoms with Crippen LogP contribution >= 0.6 is 0 Å². The fourth-order valence-corrected chi connectivity index (χ4v) is 1.47. The second-order valence-electron chi connectivity index (χ2n) is 3.89. The zero-order chi connectivity index (χ0) is 14.1. The van der Waals surface area contributed by atoms with Gasteiger partial charge in [-0.3, -0.25) is 0 Å². The van der Waals surface area contributed by atoms with Gasteiger partial charge >= 0.3 is 12.4 Å². The molecule has 1 aromatic carbocycles. The standard InChI is InChI=1S/C14H14NO4/c1-2-3-13(19-10-16)14(17)18-9-12-6-4-11(8-15)5-7-12/h4-7,13H,2-3,9H2,1H3. The Morgan fingerprint density at radius 3 is 2.58 bits per heavy atom. The van der Waals surface area contributed by atoms with Gasteiger partial charge in [0.15, 0.2) is 6.10 Å². The maximum atomic E-state index is 11.6. The lowest BCUT2D eigenvalue weighted by Gasteiger charge is -2.12. The predicted molar refractivity (Wildman–Crippen MR) is 66.4 cm³/mol. The average molecular weight is 260 g/mol. The minimum atomic E-state index is -0.902. The van der Waals surface area contributed by atoms with Gasteiger partial charge in [-0.05, 0) is 24.1 Å². The van der Waals surface area contributed by atoms with E-state index in [1.807, 2.05) is 13.0 Å². The van der Waals surface area contributed by atoms with Gasteiger partial charge in [-0.1, -0.05) is 25.5 Å². The number of nitriles is 1. The molecule has 1 rings (SSSR count). The van der Waals surface area contributed by atoms with E-state index in [1.54, 1.807) is 24.3 Å². The highest BCUT2D eigenvalue weighted by atomic mass is 16.6. The van der Waals surface area contributed by atoms with E-state index < -0.39 is 12.1 Å². The number of rotatable bonds is 7. The molecule has 0 amide bonds. The van der Waals surface area contributed by atoms with Gasteiger partial charge < -0.3 is 9.47 Å². The number of ether oxygens (including phenoxy) is 2. The summed E-state index contributed by atoms with van der Waals surface area (Å²) in [6, 6.07) is 8.69. The second-order valence-corrected chi connectivity index (χ2v) is 3.89. The second kappa shape index (κ2) is 7.88. The van der Waals surface area contributed by atoms with Gasteiger partial charge in [0.05, 0.1) is 11.6 Å². The first-order valence-corrected chi connectivity index (χ1v) is 5.89. The molecule has 0 saturated heterocycles. The highest BCUT2D eigenvalue weighted by molar-refractivity contribution is 5.75. The Morgan fingerprint density at radius 1 is 1.37 bits per heavy atom.